The predicted octanol–water partition coefficient (Wildman–Crippen LogP) is 4.23. The number of furan rings is 1. The quantitative estimate of drug-likeness (QED) is 0.543. The van der Waals surface area contributed by atoms with Crippen molar-refractivity contribution < 1.29 is 14.3 Å². The number of halogens is 1. The van der Waals surface area contributed by atoms with E-state index in [0.717, 1.165) is 21.0 Å². The molecule has 3 rings (SSSR count). The molecule has 0 fully saturated rings. The lowest BCUT2D eigenvalue weighted by Gasteiger charge is -2.09. The molecule has 3 aromatic heterocycles. The summed E-state index contributed by atoms with van der Waals surface area (Å²) in [7, 11) is 0. The van der Waals surface area contributed by atoms with Crippen LogP contribution in [0.5, 0.6) is 0 Å². The molecule has 1 amide bonds. The zero-order chi connectivity index (χ0) is 18.7. The van der Waals surface area contributed by atoms with Gasteiger partial charge in [-0.3, -0.25) is 0 Å². The number of fused-ring (bicyclic) bond motifs is 1. The number of thiophene rings is 1. The molecule has 134 valence electrons. The number of rotatable bonds is 6. The van der Waals surface area contributed by atoms with Crippen LogP contribution in [0.3, 0.4) is 0 Å². The average molecular weight is 391 g/mol. The van der Waals surface area contributed by atoms with Gasteiger partial charge >= 0.3 is 6.09 Å². The van der Waals surface area contributed by atoms with Gasteiger partial charge in [0.05, 0.1) is 28.8 Å². The van der Waals surface area contributed by atoms with Gasteiger partial charge in [0, 0.05) is 23.4 Å². The van der Waals surface area contributed by atoms with Gasteiger partial charge in [0.25, 0.3) is 0 Å². The number of nitriles is 1. The molecule has 9 heteroatoms. The van der Waals surface area contributed by atoms with Crippen molar-refractivity contribution in [3.63, 3.8) is 0 Å². The monoisotopic (exact) mass is 390 g/mol. The third kappa shape index (κ3) is 3.90. The van der Waals surface area contributed by atoms with Gasteiger partial charge in [-0.1, -0.05) is 11.6 Å². The van der Waals surface area contributed by atoms with Crippen molar-refractivity contribution in [2.45, 2.75) is 25.9 Å². The van der Waals surface area contributed by atoms with Crippen LogP contribution in [0, 0.1) is 11.3 Å². The maximum Gasteiger partial charge on any atom is 0.404 e. The molecule has 3 N–H and O–H groups in total. The first kappa shape index (κ1) is 18.0. The number of nitrogens with zero attached hydrogens (tertiary/aromatic N) is 2. The standard InChI is InChI=1S/C17H15ClN4O3S/c1-9(21-17(23)24)5-13-11(7-19)15-16(26-13)12(6-14(18)22-15)20-8-10-3-2-4-25-10/h2-4,6,9,21H,5,8H2,1H3,(H,20,22)(H,23,24). The van der Waals surface area contributed by atoms with E-state index in [1.54, 1.807) is 25.3 Å². The highest BCUT2D eigenvalue weighted by Gasteiger charge is 2.19. The highest BCUT2D eigenvalue weighted by Crippen LogP contribution is 2.37. The Labute approximate surface area is 158 Å². The summed E-state index contributed by atoms with van der Waals surface area (Å²) in [6.07, 6.45) is 0.893. The van der Waals surface area contributed by atoms with E-state index in [2.05, 4.69) is 21.7 Å². The number of carboxylic acid groups (broad SMARTS) is 1. The summed E-state index contributed by atoms with van der Waals surface area (Å²) < 4.78 is 6.11. The molecule has 0 aromatic carbocycles. The Morgan fingerprint density at radius 3 is 3.04 bits per heavy atom. The van der Waals surface area contributed by atoms with Crippen LogP contribution < -0.4 is 10.6 Å². The molecule has 3 heterocycles. The number of aromatic nitrogens is 1. The highest BCUT2D eigenvalue weighted by molar-refractivity contribution is 7.20. The Kier molecular flexibility index (Phi) is 5.30. The molecule has 1 atom stereocenters. The highest BCUT2D eigenvalue weighted by atomic mass is 35.5. The summed E-state index contributed by atoms with van der Waals surface area (Å²) in [4.78, 5) is 15.9. The number of nitrogens with one attached hydrogen (secondary N) is 2. The first-order valence-corrected chi connectivity index (χ1v) is 8.95. The third-order valence-corrected chi connectivity index (χ3v) is 5.12. The lowest BCUT2D eigenvalue weighted by Crippen LogP contribution is -2.32. The number of anilines is 1. The molecule has 0 spiro atoms. The number of hydrogen-bond acceptors (Lipinski definition) is 6. The first-order valence-electron chi connectivity index (χ1n) is 7.75. The van der Waals surface area contributed by atoms with Crippen LogP contribution in [0.15, 0.2) is 28.9 Å². The van der Waals surface area contributed by atoms with Crippen LogP contribution in [-0.2, 0) is 13.0 Å². The molecule has 0 bridgehead atoms. The van der Waals surface area contributed by atoms with Crippen molar-refractivity contribution >= 4 is 44.9 Å². The van der Waals surface area contributed by atoms with Crippen LogP contribution in [0.4, 0.5) is 10.5 Å². The fraction of sp³-hybridized carbons (Fsp3) is 0.235. The Bertz CT molecular complexity index is 978. The van der Waals surface area contributed by atoms with Gasteiger partial charge in [0.2, 0.25) is 0 Å². The molecule has 0 radical (unpaired) electrons. The van der Waals surface area contributed by atoms with E-state index in [1.807, 2.05) is 6.07 Å². The second-order valence-electron chi connectivity index (χ2n) is 5.67. The van der Waals surface area contributed by atoms with Gasteiger partial charge in [-0.15, -0.1) is 11.3 Å². The third-order valence-electron chi connectivity index (χ3n) is 3.69. The zero-order valence-corrected chi connectivity index (χ0v) is 15.3. The van der Waals surface area contributed by atoms with Crippen LogP contribution in [0.25, 0.3) is 10.2 Å². The number of carbonyl (C=O) groups is 1. The largest absolute Gasteiger partial charge is 0.467 e. The maximum atomic E-state index is 10.8. The normalized spacial score (nSPS) is 11.9. The van der Waals surface area contributed by atoms with Crippen LogP contribution in [0.1, 0.15) is 23.1 Å². The Balaban J connectivity index is 1.96. The SMILES string of the molecule is CC(Cc1sc2c(NCc3ccco3)cc(Cl)nc2c1C#N)NC(=O)O. The Morgan fingerprint density at radius 2 is 2.38 bits per heavy atom. The van der Waals surface area contributed by atoms with Crippen LogP contribution in [0.2, 0.25) is 5.15 Å². The molecule has 3 aromatic rings. The minimum Gasteiger partial charge on any atom is -0.467 e. The summed E-state index contributed by atoms with van der Waals surface area (Å²) >= 11 is 7.53. The van der Waals surface area contributed by atoms with Crippen LogP contribution >= 0.6 is 22.9 Å². The second kappa shape index (κ2) is 7.64. The molecular weight excluding hydrogens is 376 g/mol. The zero-order valence-electron chi connectivity index (χ0n) is 13.7. The smallest absolute Gasteiger partial charge is 0.404 e. The minimum absolute atomic E-state index is 0.275. The van der Waals surface area contributed by atoms with E-state index in [0.29, 0.717) is 24.0 Å². The first-order chi connectivity index (χ1) is 12.5. The number of amides is 1. The average Bonchev–Trinajstić information content (AvgIpc) is 3.19. The topological polar surface area (TPSA) is 111 Å². The van der Waals surface area contributed by atoms with E-state index in [1.165, 1.54) is 11.3 Å². The molecule has 0 saturated carbocycles. The van der Waals surface area contributed by atoms with E-state index in [4.69, 9.17) is 21.1 Å². The van der Waals surface area contributed by atoms with Gasteiger partial charge in [-0.2, -0.15) is 5.26 Å². The van der Waals surface area contributed by atoms with E-state index in [9.17, 15) is 10.1 Å². The molecular formula is C17H15ClN4O3S. The summed E-state index contributed by atoms with van der Waals surface area (Å²) in [6, 6.07) is 7.20. The van der Waals surface area contributed by atoms with Gasteiger partial charge < -0.3 is 20.2 Å². The van der Waals surface area contributed by atoms with E-state index >= 15 is 0 Å². The predicted molar refractivity (Wildman–Crippen MR) is 99.7 cm³/mol. The van der Waals surface area contributed by atoms with Crippen molar-refractivity contribution in [2.24, 2.45) is 0 Å². The summed E-state index contributed by atoms with van der Waals surface area (Å²) in [5.74, 6) is 0.766. The summed E-state index contributed by atoms with van der Waals surface area (Å²) in [5.41, 5.74) is 1.69. The van der Waals surface area contributed by atoms with Crippen molar-refractivity contribution in [3.8, 4) is 6.07 Å². The van der Waals surface area contributed by atoms with Gasteiger partial charge in [0.15, 0.2) is 0 Å². The summed E-state index contributed by atoms with van der Waals surface area (Å²) in [6.45, 7) is 2.21. The lowest BCUT2D eigenvalue weighted by atomic mass is 10.1. The van der Waals surface area contributed by atoms with Gasteiger partial charge in [0.1, 0.15) is 22.5 Å². The molecule has 26 heavy (non-hydrogen) atoms. The van der Waals surface area contributed by atoms with Crippen molar-refractivity contribution in [1.29, 1.82) is 5.26 Å². The van der Waals surface area contributed by atoms with Gasteiger partial charge in [-0.25, -0.2) is 9.78 Å². The van der Waals surface area contributed by atoms with Crippen LogP contribution in [-0.4, -0.2) is 22.2 Å². The van der Waals surface area contributed by atoms with Crippen molar-refractivity contribution in [1.82, 2.24) is 10.3 Å². The fourth-order valence-electron chi connectivity index (χ4n) is 2.61. The summed E-state index contributed by atoms with van der Waals surface area (Å²) in [5, 5.41) is 24.3. The molecule has 0 saturated heterocycles. The minimum atomic E-state index is -1.10. The Hall–Kier alpha value is -2.76. The van der Waals surface area contributed by atoms with Crippen molar-refractivity contribution in [2.75, 3.05) is 5.32 Å². The Morgan fingerprint density at radius 1 is 1.58 bits per heavy atom. The van der Waals surface area contributed by atoms with E-state index < -0.39 is 6.09 Å². The fourth-order valence-corrected chi connectivity index (χ4v) is 4.11. The number of hydrogen-bond donors (Lipinski definition) is 3. The van der Waals surface area contributed by atoms with E-state index in [-0.39, 0.29) is 11.2 Å². The molecule has 1 unspecified atom stereocenters. The molecule has 0 aliphatic heterocycles. The molecule has 0 aliphatic rings. The molecule has 7 nitrogen and oxygen atoms in total. The number of pyridine rings is 1. The van der Waals surface area contributed by atoms with Gasteiger partial charge in [-0.05, 0) is 19.1 Å². The molecule has 0 aliphatic carbocycles. The second-order valence-corrected chi connectivity index (χ2v) is 7.16. The maximum absolute atomic E-state index is 10.8. The lowest BCUT2D eigenvalue weighted by molar-refractivity contribution is 0.191. The van der Waals surface area contributed by atoms with Crippen molar-refractivity contribution in [3.05, 3.63) is 45.8 Å².